The number of halogens is 2. The second kappa shape index (κ2) is 5.49. The van der Waals surface area contributed by atoms with Crippen LogP contribution in [0.4, 0.5) is 0 Å². The Balaban J connectivity index is 3.20. The number of rotatable bonds is 4. The minimum Gasteiger partial charge on any atom is -0.481 e. The van der Waals surface area contributed by atoms with Gasteiger partial charge >= 0.3 is 11.9 Å². The highest BCUT2D eigenvalue weighted by Crippen LogP contribution is 2.26. The summed E-state index contributed by atoms with van der Waals surface area (Å²) in [6.07, 6.45) is -0.419. The molecule has 0 unspecified atom stereocenters. The van der Waals surface area contributed by atoms with Crippen LogP contribution in [-0.4, -0.2) is 22.2 Å². The average Bonchev–Trinajstić information content (AvgIpc) is 2.16. The zero-order valence-corrected chi connectivity index (χ0v) is 10.9. The van der Waals surface area contributed by atoms with Crippen LogP contribution in [0.15, 0.2) is 12.1 Å². The van der Waals surface area contributed by atoms with Crippen molar-refractivity contribution in [2.75, 3.05) is 0 Å². The molecule has 0 heterocycles. The van der Waals surface area contributed by atoms with Crippen LogP contribution in [0.3, 0.4) is 0 Å². The first-order valence-electron chi connectivity index (χ1n) is 4.31. The molecule has 2 N–H and O–H groups in total. The van der Waals surface area contributed by atoms with Crippen LogP contribution in [0.1, 0.15) is 11.1 Å². The molecule has 0 atom stereocenters. The van der Waals surface area contributed by atoms with Crippen molar-refractivity contribution in [2.24, 2.45) is 0 Å². The number of aliphatic carboxylic acids is 2. The molecule has 0 aliphatic rings. The molecular weight excluding hydrogens is 346 g/mol. The highest BCUT2D eigenvalue weighted by atomic mass is 127. The maximum absolute atomic E-state index is 10.7. The molecule has 4 nitrogen and oxygen atoms in total. The fourth-order valence-electron chi connectivity index (χ4n) is 1.30. The highest BCUT2D eigenvalue weighted by molar-refractivity contribution is 14.1. The molecule has 0 aromatic heterocycles. The van der Waals surface area contributed by atoms with E-state index in [0.29, 0.717) is 19.7 Å². The van der Waals surface area contributed by atoms with Gasteiger partial charge in [-0.05, 0) is 39.8 Å². The molecule has 0 radical (unpaired) electrons. The Morgan fingerprint density at radius 3 is 2.25 bits per heavy atom. The summed E-state index contributed by atoms with van der Waals surface area (Å²) in [6, 6.07) is 3.13. The van der Waals surface area contributed by atoms with Crippen molar-refractivity contribution in [3.8, 4) is 0 Å². The molecule has 0 bridgehead atoms. The van der Waals surface area contributed by atoms with Crippen LogP contribution in [0, 0.1) is 3.57 Å². The zero-order chi connectivity index (χ0) is 12.3. The van der Waals surface area contributed by atoms with Gasteiger partial charge in [0.15, 0.2) is 0 Å². The summed E-state index contributed by atoms with van der Waals surface area (Å²) >= 11 is 7.78. The fourth-order valence-corrected chi connectivity index (χ4v) is 2.20. The summed E-state index contributed by atoms with van der Waals surface area (Å²) in [5, 5.41) is 17.9. The molecule has 0 saturated carbocycles. The summed E-state index contributed by atoms with van der Waals surface area (Å²) < 4.78 is 0.598. The Bertz CT molecular complexity index is 445. The van der Waals surface area contributed by atoms with Gasteiger partial charge in [0.05, 0.1) is 17.9 Å². The molecule has 0 spiro atoms. The molecule has 86 valence electrons. The lowest BCUT2D eigenvalue weighted by molar-refractivity contribution is -0.137. The van der Waals surface area contributed by atoms with E-state index in [0.717, 1.165) is 0 Å². The Labute approximate surface area is 110 Å². The minimum absolute atomic E-state index is 0.199. The third-order valence-corrected chi connectivity index (χ3v) is 3.83. The van der Waals surface area contributed by atoms with Gasteiger partial charge in [-0.25, -0.2) is 0 Å². The molecule has 6 heteroatoms. The zero-order valence-electron chi connectivity index (χ0n) is 8.04. The van der Waals surface area contributed by atoms with Crippen molar-refractivity contribution in [2.45, 2.75) is 12.8 Å². The first-order valence-corrected chi connectivity index (χ1v) is 5.77. The van der Waals surface area contributed by atoms with Crippen molar-refractivity contribution in [3.05, 3.63) is 31.9 Å². The van der Waals surface area contributed by atoms with Crippen LogP contribution in [0.5, 0.6) is 0 Å². The quantitative estimate of drug-likeness (QED) is 0.813. The van der Waals surface area contributed by atoms with E-state index in [9.17, 15) is 9.59 Å². The van der Waals surface area contributed by atoms with Gasteiger partial charge in [0.1, 0.15) is 0 Å². The summed E-state index contributed by atoms with van der Waals surface area (Å²) in [5.41, 5.74) is 0.965. The monoisotopic (exact) mass is 354 g/mol. The Hall–Kier alpha value is -0.820. The van der Waals surface area contributed by atoms with Gasteiger partial charge in [0, 0.05) is 3.57 Å². The number of hydrogen-bond donors (Lipinski definition) is 2. The van der Waals surface area contributed by atoms with Gasteiger partial charge in [-0.1, -0.05) is 17.7 Å². The third kappa shape index (κ3) is 3.34. The molecule has 16 heavy (non-hydrogen) atoms. The van der Waals surface area contributed by atoms with Crippen LogP contribution < -0.4 is 0 Å². The Kier molecular flexibility index (Phi) is 4.55. The van der Waals surface area contributed by atoms with Crippen LogP contribution in [0.25, 0.3) is 0 Å². The molecule has 0 aliphatic carbocycles. The molecule has 0 fully saturated rings. The fraction of sp³-hybridized carbons (Fsp3) is 0.200. The average molecular weight is 355 g/mol. The third-order valence-electron chi connectivity index (χ3n) is 1.96. The smallest absolute Gasteiger partial charge is 0.307 e. The maximum Gasteiger partial charge on any atom is 0.307 e. The number of hydrogen-bond acceptors (Lipinski definition) is 2. The molecule has 1 rings (SSSR count). The standard InChI is InChI=1S/C10H8ClIO4/c11-7-2-1-5(3-8(13)14)6(10(7)12)4-9(15)16/h1-2H,3-4H2,(H,13,14)(H,15,16). The highest BCUT2D eigenvalue weighted by Gasteiger charge is 2.15. The van der Waals surface area contributed by atoms with E-state index in [1.54, 1.807) is 12.1 Å². The van der Waals surface area contributed by atoms with Crippen molar-refractivity contribution < 1.29 is 19.8 Å². The Morgan fingerprint density at radius 1 is 1.19 bits per heavy atom. The van der Waals surface area contributed by atoms with E-state index in [1.807, 2.05) is 22.6 Å². The summed E-state index contributed by atoms with van der Waals surface area (Å²) in [4.78, 5) is 21.3. The molecule has 0 aliphatic heterocycles. The summed E-state index contributed by atoms with van der Waals surface area (Å²) in [5.74, 6) is -2.00. The first-order chi connectivity index (χ1) is 7.41. The largest absolute Gasteiger partial charge is 0.481 e. The van der Waals surface area contributed by atoms with Crippen LogP contribution in [0.2, 0.25) is 5.02 Å². The molecule has 0 amide bonds. The second-order valence-corrected chi connectivity index (χ2v) is 4.63. The normalized spacial score (nSPS) is 10.1. The Morgan fingerprint density at radius 2 is 1.75 bits per heavy atom. The predicted octanol–water partition coefficient (Wildman–Crippen LogP) is 2.20. The lowest BCUT2D eigenvalue weighted by Gasteiger charge is -2.09. The lowest BCUT2D eigenvalue weighted by Crippen LogP contribution is -2.09. The first kappa shape index (κ1) is 13.2. The summed E-state index contributed by atoms with van der Waals surface area (Å²) in [6.45, 7) is 0. The SMILES string of the molecule is O=C(O)Cc1ccc(Cl)c(I)c1CC(=O)O. The second-order valence-electron chi connectivity index (χ2n) is 3.14. The number of carboxylic acid groups (broad SMARTS) is 2. The van der Waals surface area contributed by atoms with E-state index in [2.05, 4.69) is 0 Å². The van der Waals surface area contributed by atoms with Gasteiger partial charge < -0.3 is 10.2 Å². The van der Waals surface area contributed by atoms with Crippen molar-refractivity contribution in [1.29, 1.82) is 0 Å². The van der Waals surface area contributed by atoms with E-state index in [4.69, 9.17) is 21.8 Å². The van der Waals surface area contributed by atoms with Gasteiger partial charge in [0.2, 0.25) is 0 Å². The molecule has 1 aromatic carbocycles. The summed E-state index contributed by atoms with van der Waals surface area (Å²) in [7, 11) is 0. The minimum atomic E-state index is -1.01. The van der Waals surface area contributed by atoms with Gasteiger partial charge in [-0.3, -0.25) is 9.59 Å². The topological polar surface area (TPSA) is 74.6 Å². The van der Waals surface area contributed by atoms with Crippen molar-refractivity contribution >= 4 is 46.1 Å². The lowest BCUT2D eigenvalue weighted by atomic mass is 10.0. The number of carbonyl (C=O) groups is 2. The van der Waals surface area contributed by atoms with Crippen LogP contribution >= 0.6 is 34.2 Å². The van der Waals surface area contributed by atoms with Gasteiger partial charge in [0.25, 0.3) is 0 Å². The van der Waals surface area contributed by atoms with Crippen LogP contribution in [-0.2, 0) is 22.4 Å². The van der Waals surface area contributed by atoms with Gasteiger partial charge in [-0.15, -0.1) is 0 Å². The number of carboxylic acids is 2. The molecule has 0 saturated heterocycles. The van der Waals surface area contributed by atoms with Crippen molar-refractivity contribution in [1.82, 2.24) is 0 Å². The van der Waals surface area contributed by atoms with E-state index in [-0.39, 0.29) is 12.8 Å². The molecular formula is C10H8ClIO4. The van der Waals surface area contributed by atoms with E-state index < -0.39 is 11.9 Å². The maximum atomic E-state index is 10.7. The van der Waals surface area contributed by atoms with E-state index >= 15 is 0 Å². The van der Waals surface area contributed by atoms with Crippen molar-refractivity contribution in [3.63, 3.8) is 0 Å². The number of benzene rings is 1. The predicted molar refractivity (Wildman–Crippen MR) is 66.8 cm³/mol. The molecule has 1 aromatic rings. The van der Waals surface area contributed by atoms with Gasteiger partial charge in [-0.2, -0.15) is 0 Å². The van der Waals surface area contributed by atoms with E-state index in [1.165, 1.54) is 0 Å².